The van der Waals surface area contributed by atoms with E-state index in [4.69, 9.17) is 15.6 Å². The van der Waals surface area contributed by atoms with E-state index in [0.717, 1.165) is 0 Å². The van der Waals surface area contributed by atoms with E-state index in [1.165, 1.54) is 7.11 Å². The van der Waals surface area contributed by atoms with E-state index in [1.54, 1.807) is 18.2 Å². The minimum atomic E-state index is -0.979. The molecule has 0 aliphatic rings. The summed E-state index contributed by atoms with van der Waals surface area (Å²) in [5.41, 5.74) is 6.50. The maximum absolute atomic E-state index is 11.9. The number of benzene rings is 1. The van der Waals surface area contributed by atoms with Gasteiger partial charge in [-0.05, 0) is 18.2 Å². The Bertz CT molecular complexity index is 459. The largest absolute Gasteiger partial charge is 0.481 e. The van der Waals surface area contributed by atoms with Crippen molar-refractivity contribution in [1.82, 2.24) is 5.32 Å². The van der Waals surface area contributed by atoms with Crippen LogP contribution in [-0.4, -0.2) is 36.7 Å². The minimum absolute atomic E-state index is 0.119. The standard InChI is InChI=1S/C12H15BrN2O4/c1-19-10(5-11(16)17)6-15-12(18)7-2-8(13)4-9(14)3-7/h2-4,10H,5-6,14H2,1H3,(H,15,18)(H,16,17). The predicted molar refractivity (Wildman–Crippen MR) is 73.9 cm³/mol. The van der Waals surface area contributed by atoms with Crippen molar-refractivity contribution in [2.24, 2.45) is 0 Å². The summed E-state index contributed by atoms with van der Waals surface area (Å²) in [6.07, 6.45) is -0.733. The number of nitrogens with one attached hydrogen (secondary N) is 1. The molecule has 1 unspecified atom stereocenters. The van der Waals surface area contributed by atoms with Crippen LogP contribution in [0.15, 0.2) is 22.7 Å². The first-order chi connectivity index (χ1) is 8.92. The smallest absolute Gasteiger partial charge is 0.306 e. The first-order valence-electron chi connectivity index (χ1n) is 5.51. The Morgan fingerprint density at radius 1 is 1.47 bits per heavy atom. The van der Waals surface area contributed by atoms with Crippen LogP contribution in [0.4, 0.5) is 5.69 Å². The van der Waals surface area contributed by atoms with Crippen LogP contribution in [-0.2, 0) is 9.53 Å². The molecule has 0 aliphatic heterocycles. The van der Waals surface area contributed by atoms with Crippen LogP contribution in [0.3, 0.4) is 0 Å². The maximum atomic E-state index is 11.9. The van der Waals surface area contributed by atoms with Crippen molar-refractivity contribution in [1.29, 1.82) is 0 Å². The maximum Gasteiger partial charge on any atom is 0.306 e. The number of carbonyl (C=O) groups excluding carboxylic acids is 1. The molecule has 7 heteroatoms. The van der Waals surface area contributed by atoms with Gasteiger partial charge >= 0.3 is 5.97 Å². The Hall–Kier alpha value is -1.60. The molecule has 1 aromatic carbocycles. The number of carboxylic acid groups (broad SMARTS) is 1. The van der Waals surface area contributed by atoms with E-state index in [1.807, 2.05) is 0 Å². The molecule has 0 radical (unpaired) electrons. The Labute approximate surface area is 119 Å². The molecule has 6 nitrogen and oxygen atoms in total. The molecule has 1 aromatic rings. The summed E-state index contributed by atoms with van der Waals surface area (Å²) < 4.78 is 5.67. The Morgan fingerprint density at radius 2 is 2.16 bits per heavy atom. The van der Waals surface area contributed by atoms with Crippen molar-refractivity contribution >= 4 is 33.5 Å². The Kier molecular flexibility index (Phi) is 5.78. The fourth-order valence-corrected chi connectivity index (χ4v) is 2.00. The summed E-state index contributed by atoms with van der Waals surface area (Å²) in [7, 11) is 1.40. The lowest BCUT2D eigenvalue weighted by molar-refractivity contribution is -0.139. The van der Waals surface area contributed by atoms with Crippen molar-refractivity contribution in [3.05, 3.63) is 28.2 Å². The molecule has 1 amide bonds. The molecule has 1 rings (SSSR count). The molecule has 0 aliphatic carbocycles. The molecule has 0 bridgehead atoms. The number of methoxy groups -OCH3 is 1. The number of carbonyl (C=O) groups is 2. The summed E-state index contributed by atoms with van der Waals surface area (Å²) in [6.45, 7) is 0.119. The molecule has 0 saturated carbocycles. The molecule has 104 valence electrons. The first kappa shape index (κ1) is 15.5. The van der Waals surface area contributed by atoms with Crippen molar-refractivity contribution < 1.29 is 19.4 Å². The zero-order valence-electron chi connectivity index (χ0n) is 10.4. The van der Waals surface area contributed by atoms with Crippen LogP contribution in [0.1, 0.15) is 16.8 Å². The van der Waals surface area contributed by atoms with E-state index in [0.29, 0.717) is 15.7 Å². The number of rotatable bonds is 6. The number of anilines is 1. The lowest BCUT2D eigenvalue weighted by Crippen LogP contribution is -2.34. The molecule has 0 fully saturated rings. The lowest BCUT2D eigenvalue weighted by atomic mass is 10.2. The van der Waals surface area contributed by atoms with Crippen LogP contribution in [0, 0.1) is 0 Å². The van der Waals surface area contributed by atoms with Gasteiger partial charge in [0.2, 0.25) is 0 Å². The van der Waals surface area contributed by atoms with Gasteiger partial charge in [0.15, 0.2) is 0 Å². The van der Waals surface area contributed by atoms with E-state index >= 15 is 0 Å². The molecule has 1 atom stereocenters. The average molecular weight is 331 g/mol. The quantitative estimate of drug-likeness (QED) is 0.681. The van der Waals surface area contributed by atoms with Crippen LogP contribution in [0.2, 0.25) is 0 Å². The van der Waals surface area contributed by atoms with Gasteiger partial charge in [0.05, 0.1) is 12.5 Å². The van der Waals surface area contributed by atoms with Gasteiger partial charge in [-0.25, -0.2) is 0 Å². The number of aliphatic carboxylic acids is 1. The number of nitrogens with two attached hydrogens (primary N) is 1. The second-order valence-electron chi connectivity index (χ2n) is 3.94. The fourth-order valence-electron chi connectivity index (χ4n) is 1.49. The summed E-state index contributed by atoms with van der Waals surface area (Å²) in [4.78, 5) is 22.4. The second-order valence-corrected chi connectivity index (χ2v) is 4.85. The second kappa shape index (κ2) is 7.10. The first-order valence-corrected chi connectivity index (χ1v) is 6.30. The third-order valence-corrected chi connectivity index (χ3v) is 2.87. The zero-order valence-corrected chi connectivity index (χ0v) is 11.9. The molecule has 0 heterocycles. The van der Waals surface area contributed by atoms with Crippen molar-refractivity contribution in [3.63, 3.8) is 0 Å². The summed E-state index contributed by atoms with van der Waals surface area (Å²) in [5, 5.41) is 11.3. The number of nitrogen functional groups attached to an aromatic ring is 1. The van der Waals surface area contributed by atoms with Gasteiger partial charge < -0.3 is 20.9 Å². The number of hydrogen-bond acceptors (Lipinski definition) is 4. The summed E-state index contributed by atoms with van der Waals surface area (Å²) >= 11 is 3.25. The third kappa shape index (κ3) is 5.27. The van der Waals surface area contributed by atoms with Crippen molar-refractivity contribution in [2.75, 3.05) is 19.4 Å². The fraction of sp³-hybridized carbons (Fsp3) is 0.333. The number of amides is 1. The zero-order chi connectivity index (χ0) is 14.4. The van der Waals surface area contributed by atoms with Gasteiger partial charge in [-0.3, -0.25) is 9.59 Å². The minimum Gasteiger partial charge on any atom is -0.481 e. The molecular weight excluding hydrogens is 316 g/mol. The van der Waals surface area contributed by atoms with Gasteiger partial charge in [0.25, 0.3) is 5.91 Å². The van der Waals surface area contributed by atoms with Crippen LogP contribution >= 0.6 is 15.9 Å². The third-order valence-electron chi connectivity index (χ3n) is 2.41. The summed E-state index contributed by atoms with van der Waals surface area (Å²) in [6, 6.07) is 4.85. The molecular formula is C12H15BrN2O4. The number of carboxylic acids is 1. The monoisotopic (exact) mass is 330 g/mol. The Balaban J connectivity index is 2.61. The molecule has 0 aromatic heterocycles. The molecule has 0 spiro atoms. The topological polar surface area (TPSA) is 102 Å². The van der Waals surface area contributed by atoms with E-state index in [9.17, 15) is 9.59 Å². The summed E-state index contributed by atoms with van der Waals surface area (Å²) in [5.74, 6) is -1.31. The molecule has 19 heavy (non-hydrogen) atoms. The van der Waals surface area contributed by atoms with E-state index in [2.05, 4.69) is 21.2 Å². The van der Waals surface area contributed by atoms with Gasteiger partial charge in [-0.1, -0.05) is 15.9 Å². The average Bonchev–Trinajstić information content (AvgIpc) is 2.32. The van der Waals surface area contributed by atoms with Gasteiger partial charge in [0, 0.05) is 29.4 Å². The van der Waals surface area contributed by atoms with Gasteiger partial charge in [-0.2, -0.15) is 0 Å². The van der Waals surface area contributed by atoms with Crippen LogP contribution in [0.5, 0.6) is 0 Å². The highest BCUT2D eigenvalue weighted by atomic mass is 79.9. The highest BCUT2D eigenvalue weighted by molar-refractivity contribution is 9.10. The van der Waals surface area contributed by atoms with E-state index < -0.39 is 12.1 Å². The molecule has 4 N–H and O–H groups in total. The van der Waals surface area contributed by atoms with Crippen molar-refractivity contribution in [3.8, 4) is 0 Å². The number of ether oxygens (including phenoxy) is 1. The normalized spacial score (nSPS) is 11.9. The SMILES string of the molecule is COC(CNC(=O)c1cc(N)cc(Br)c1)CC(=O)O. The predicted octanol–water partition coefficient (Wildman–Crippen LogP) is 1.25. The van der Waals surface area contributed by atoms with E-state index in [-0.39, 0.29) is 18.9 Å². The van der Waals surface area contributed by atoms with Crippen LogP contribution in [0.25, 0.3) is 0 Å². The molecule has 0 saturated heterocycles. The number of halogens is 1. The van der Waals surface area contributed by atoms with Crippen LogP contribution < -0.4 is 11.1 Å². The highest BCUT2D eigenvalue weighted by Crippen LogP contribution is 2.17. The van der Waals surface area contributed by atoms with Gasteiger partial charge in [0.1, 0.15) is 0 Å². The number of hydrogen-bond donors (Lipinski definition) is 3. The van der Waals surface area contributed by atoms with Gasteiger partial charge in [-0.15, -0.1) is 0 Å². The lowest BCUT2D eigenvalue weighted by Gasteiger charge is -2.14. The Morgan fingerprint density at radius 3 is 2.68 bits per heavy atom. The highest BCUT2D eigenvalue weighted by Gasteiger charge is 2.14. The van der Waals surface area contributed by atoms with Crippen molar-refractivity contribution in [2.45, 2.75) is 12.5 Å².